The van der Waals surface area contributed by atoms with Gasteiger partial charge in [0.05, 0.1) is 12.8 Å². The summed E-state index contributed by atoms with van der Waals surface area (Å²) in [6.07, 6.45) is 7.49. The summed E-state index contributed by atoms with van der Waals surface area (Å²) in [4.78, 5) is 32.5. The molecule has 3 aromatic heterocycles. The van der Waals surface area contributed by atoms with E-state index in [0.29, 0.717) is 29.5 Å². The molecule has 9 nitrogen and oxygen atoms in total. The topological polar surface area (TPSA) is 115 Å². The standard InChI is InChI=1S/C33H34N6O3S/c1-38-26-8-4-3-7-22(26)17-27(38)33(41)37-25-11-9-21(18-28(25)42-2)24-20-43-31-23(19-36-32(34)30(24)31)10-12-29(40)35-13-16-39-14-5-6-15-39/h3-4,7-12,17-20H,5-6,13-16H2,1-2H3,(H2,34,36)(H,35,40)(H,37,41)/b12-10+. The van der Waals surface area contributed by atoms with Crippen molar-refractivity contribution in [3.8, 4) is 16.9 Å². The van der Waals surface area contributed by atoms with Gasteiger partial charge >= 0.3 is 0 Å². The van der Waals surface area contributed by atoms with E-state index in [1.54, 1.807) is 36.8 Å². The second-order valence-corrected chi connectivity index (χ2v) is 11.5. The van der Waals surface area contributed by atoms with Crippen LogP contribution in [0.4, 0.5) is 11.5 Å². The fourth-order valence-electron chi connectivity index (χ4n) is 5.64. The Hall–Kier alpha value is -4.67. The number of fused-ring (bicyclic) bond motifs is 2. The molecule has 43 heavy (non-hydrogen) atoms. The molecule has 0 unspecified atom stereocenters. The van der Waals surface area contributed by atoms with Crippen LogP contribution in [0, 0.1) is 0 Å². The Morgan fingerprint density at radius 1 is 1.14 bits per heavy atom. The first kappa shape index (κ1) is 28.4. The molecule has 1 saturated heterocycles. The molecule has 0 spiro atoms. The number of aromatic nitrogens is 2. The number of likely N-dealkylation sites (tertiary alicyclic amines) is 1. The smallest absolute Gasteiger partial charge is 0.272 e. The number of aryl methyl sites for hydroxylation is 1. The average Bonchev–Trinajstić information content (AvgIpc) is 3.77. The van der Waals surface area contributed by atoms with Crippen LogP contribution in [-0.4, -0.2) is 59.6 Å². The minimum Gasteiger partial charge on any atom is -0.495 e. The van der Waals surface area contributed by atoms with Gasteiger partial charge in [-0.3, -0.25) is 9.59 Å². The lowest BCUT2D eigenvalue weighted by atomic mass is 10.0. The van der Waals surface area contributed by atoms with Crippen LogP contribution in [0.1, 0.15) is 28.9 Å². The van der Waals surface area contributed by atoms with E-state index < -0.39 is 0 Å². The molecule has 0 saturated carbocycles. The molecule has 0 aliphatic carbocycles. The fraction of sp³-hybridized carbons (Fsp3) is 0.242. The third-order valence-electron chi connectivity index (χ3n) is 7.94. The predicted octanol–water partition coefficient (Wildman–Crippen LogP) is 5.52. The highest BCUT2D eigenvalue weighted by Crippen LogP contribution is 2.41. The maximum Gasteiger partial charge on any atom is 0.272 e. The number of hydrogen-bond acceptors (Lipinski definition) is 7. The lowest BCUT2D eigenvalue weighted by Gasteiger charge is -2.13. The third-order valence-corrected chi connectivity index (χ3v) is 8.97. The molecule has 1 aliphatic heterocycles. The van der Waals surface area contributed by atoms with E-state index in [1.807, 2.05) is 65.5 Å². The number of carbonyl (C=O) groups is 2. The van der Waals surface area contributed by atoms with Crippen molar-refractivity contribution in [1.82, 2.24) is 19.8 Å². The number of nitrogen functional groups attached to an aromatic ring is 1. The van der Waals surface area contributed by atoms with Crippen LogP contribution in [-0.2, 0) is 11.8 Å². The van der Waals surface area contributed by atoms with Crippen molar-refractivity contribution in [3.05, 3.63) is 77.4 Å². The van der Waals surface area contributed by atoms with Crippen LogP contribution in [0.3, 0.4) is 0 Å². The van der Waals surface area contributed by atoms with Crippen LogP contribution < -0.4 is 21.1 Å². The van der Waals surface area contributed by atoms with Gasteiger partial charge in [-0.25, -0.2) is 4.98 Å². The van der Waals surface area contributed by atoms with Crippen molar-refractivity contribution < 1.29 is 14.3 Å². The molecule has 10 heteroatoms. The van der Waals surface area contributed by atoms with Crippen LogP contribution in [0.25, 0.3) is 38.2 Å². The molecule has 2 aromatic carbocycles. The molecule has 6 rings (SSSR count). The Bertz CT molecular complexity index is 1850. The number of rotatable bonds is 9. The summed E-state index contributed by atoms with van der Waals surface area (Å²) >= 11 is 1.54. The monoisotopic (exact) mass is 594 g/mol. The van der Waals surface area contributed by atoms with Crippen molar-refractivity contribution in [3.63, 3.8) is 0 Å². The molecule has 4 heterocycles. The Labute approximate surface area is 254 Å². The van der Waals surface area contributed by atoms with Crippen molar-refractivity contribution in [2.75, 3.05) is 44.3 Å². The zero-order valence-corrected chi connectivity index (χ0v) is 25.0. The lowest BCUT2D eigenvalue weighted by Crippen LogP contribution is -2.32. The zero-order valence-electron chi connectivity index (χ0n) is 24.2. The predicted molar refractivity (Wildman–Crippen MR) is 175 cm³/mol. The highest BCUT2D eigenvalue weighted by molar-refractivity contribution is 7.18. The van der Waals surface area contributed by atoms with Crippen molar-refractivity contribution in [2.24, 2.45) is 7.05 Å². The summed E-state index contributed by atoms with van der Waals surface area (Å²) in [6.45, 7) is 3.71. The first-order chi connectivity index (χ1) is 20.9. The van der Waals surface area contributed by atoms with E-state index in [4.69, 9.17) is 10.5 Å². The molecular weight excluding hydrogens is 560 g/mol. The zero-order chi connectivity index (χ0) is 29.9. The second-order valence-electron chi connectivity index (χ2n) is 10.6. The molecule has 0 bridgehead atoms. The van der Waals surface area contributed by atoms with E-state index in [1.165, 1.54) is 12.8 Å². The van der Waals surface area contributed by atoms with Gasteiger partial charge in [-0.15, -0.1) is 11.3 Å². The quantitative estimate of drug-likeness (QED) is 0.194. The first-order valence-corrected chi connectivity index (χ1v) is 15.2. The molecular formula is C33H34N6O3S. The summed E-state index contributed by atoms with van der Waals surface area (Å²) < 4.78 is 8.50. The van der Waals surface area contributed by atoms with Crippen LogP contribution in [0.5, 0.6) is 5.75 Å². The number of methoxy groups -OCH3 is 1. The number of pyridine rings is 1. The van der Waals surface area contributed by atoms with Crippen molar-refractivity contribution >= 4 is 61.7 Å². The molecule has 1 fully saturated rings. The summed E-state index contributed by atoms with van der Waals surface area (Å²) in [5.41, 5.74) is 11.1. The maximum absolute atomic E-state index is 13.2. The van der Waals surface area contributed by atoms with Gasteiger partial charge in [0.15, 0.2) is 0 Å². The Morgan fingerprint density at radius 3 is 2.74 bits per heavy atom. The Balaban J connectivity index is 1.21. The number of thiophene rings is 1. The van der Waals surface area contributed by atoms with E-state index in [-0.39, 0.29) is 11.8 Å². The average molecular weight is 595 g/mol. The number of nitrogens with two attached hydrogens (primary N) is 1. The number of nitrogens with zero attached hydrogens (tertiary/aromatic N) is 3. The van der Waals surface area contributed by atoms with Crippen molar-refractivity contribution in [2.45, 2.75) is 12.8 Å². The normalized spacial score (nSPS) is 13.7. The molecule has 220 valence electrons. The second kappa shape index (κ2) is 12.3. The molecule has 4 N–H and O–H groups in total. The van der Waals surface area contributed by atoms with Gasteiger partial charge in [0.25, 0.3) is 5.91 Å². The molecule has 1 aliphatic rings. The van der Waals surface area contributed by atoms with Gasteiger partial charge in [-0.2, -0.15) is 0 Å². The van der Waals surface area contributed by atoms with E-state index in [2.05, 4.69) is 20.5 Å². The maximum atomic E-state index is 13.2. The number of para-hydroxylation sites is 1. The Kier molecular flexibility index (Phi) is 8.13. The van der Waals surface area contributed by atoms with Gasteiger partial charge in [0.2, 0.25) is 5.91 Å². The van der Waals surface area contributed by atoms with Gasteiger partial charge in [-0.1, -0.05) is 24.3 Å². The highest BCUT2D eigenvalue weighted by Gasteiger charge is 2.18. The minimum absolute atomic E-state index is 0.133. The van der Waals surface area contributed by atoms with Crippen LogP contribution >= 0.6 is 11.3 Å². The summed E-state index contributed by atoms with van der Waals surface area (Å²) in [5, 5.41) is 9.81. The Morgan fingerprint density at radius 2 is 1.95 bits per heavy atom. The van der Waals surface area contributed by atoms with E-state index in [9.17, 15) is 9.59 Å². The fourth-order valence-corrected chi connectivity index (χ4v) is 6.72. The van der Waals surface area contributed by atoms with Gasteiger partial charge in [0.1, 0.15) is 17.3 Å². The number of amides is 2. The summed E-state index contributed by atoms with van der Waals surface area (Å²) in [7, 11) is 3.45. The first-order valence-electron chi connectivity index (χ1n) is 14.3. The van der Waals surface area contributed by atoms with E-state index in [0.717, 1.165) is 57.3 Å². The highest BCUT2D eigenvalue weighted by atomic mass is 32.1. The van der Waals surface area contributed by atoms with Crippen molar-refractivity contribution in [1.29, 1.82) is 0 Å². The molecule has 0 atom stereocenters. The summed E-state index contributed by atoms with van der Waals surface area (Å²) in [5.74, 6) is 0.574. The summed E-state index contributed by atoms with van der Waals surface area (Å²) in [6, 6.07) is 15.4. The number of benzene rings is 2. The molecule has 5 aromatic rings. The van der Waals surface area contributed by atoms with Crippen LogP contribution in [0.15, 0.2) is 66.2 Å². The number of nitrogens with one attached hydrogen (secondary N) is 2. The lowest BCUT2D eigenvalue weighted by molar-refractivity contribution is -0.116. The third kappa shape index (κ3) is 5.84. The SMILES string of the molecule is COc1cc(-c2csc3c(/C=C/C(=O)NCCN4CCCC4)cnc(N)c23)ccc1NC(=O)c1cc2ccccc2n1C. The minimum atomic E-state index is -0.226. The van der Waals surface area contributed by atoms with E-state index >= 15 is 0 Å². The number of carbonyl (C=O) groups excluding carboxylic acids is 2. The molecule has 2 amide bonds. The number of anilines is 2. The van der Waals surface area contributed by atoms with Gasteiger partial charge in [0, 0.05) is 64.5 Å². The largest absolute Gasteiger partial charge is 0.495 e. The van der Waals surface area contributed by atoms with Gasteiger partial charge in [-0.05, 0) is 67.2 Å². The van der Waals surface area contributed by atoms with Crippen LogP contribution in [0.2, 0.25) is 0 Å². The van der Waals surface area contributed by atoms with Gasteiger partial charge < -0.3 is 30.6 Å². The number of ether oxygens (including phenoxy) is 1. The molecule has 0 radical (unpaired) electrons. The number of hydrogen-bond donors (Lipinski definition) is 3.